The van der Waals surface area contributed by atoms with Gasteiger partial charge in [0, 0.05) is 18.7 Å². The lowest BCUT2D eigenvalue weighted by atomic mass is 10.2. The Hall–Kier alpha value is -1.97. The molecule has 1 saturated carbocycles. The number of hydrogen-bond donors (Lipinski definition) is 2. The van der Waals surface area contributed by atoms with Gasteiger partial charge in [-0.15, -0.1) is 0 Å². The van der Waals surface area contributed by atoms with E-state index >= 15 is 0 Å². The zero-order chi connectivity index (χ0) is 17.0. The molecule has 2 amide bonds. The van der Waals surface area contributed by atoms with Gasteiger partial charge in [-0.2, -0.15) is 0 Å². The summed E-state index contributed by atoms with van der Waals surface area (Å²) in [4.78, 5) is 28.2. The van der Waals surface area contributed by atoms with Crippen LogP contribution in [-0.4, -0.2) is 51.4 Å². The Morgan fingerprint density at radius 1 is 1.35 bits per heavy atom. The van der Waals surface area contributed by atoms with Crippen molar-refractivity contribution < 1.29 is 22.8 Å². The van der Waals surface area contributed by atoms with Gasteiger partial charge in [0.1, 0.15) is 0 Å². The standard InChI is InChI=1S/C14H19N3O5S/c1-17(22-2)23(20,21)12-5-3-4-10(8-12)14(19)15-9-13(18)16-11-6-7-11/h3-5,8,11H,6-7,9H2,1-2H3,(H,15,19)(H,16,18). The van der Waals surface area contributed by atoms with E-state index in [1.54, 1.807) is 0 Å². The molecule has 9 heteroatoms. The van der Waals surface area contributed by atoms with Crippen LogP contribution >= 0.6 is 0 Å². The summed E-state index contributed by atoms with van der Waals surface area (Å²) in [5, 5.41) is 5.21. The Morgan fingerprint density at radius 2 is 2.04 bits per heavy atom. The second kappa shape index (κ2) is 7.07. The van der Waals surface area contributed by atoms with E-state index in [0.717, 1.165) is 12.8 Å². The van der Waals surface area contributed by atoms with E-state index < -0.39 is 15.9 Å². The summed E-state index contributed by atoms with van der Waals surface area (Å²) >= 11 is 0. The maximum Gasteiger partial charge on any atom is 0.264 e. The molecule has 1 aromatic rings. The van der Waals surface area contributed by atoms with Crippen LogP contribution in [0, 0.1) is 0 Å². The van der Waals surface area contributed by atoms with Crippen LogP contribution in [0.25, 0.3) is 0 Å². The molecule has 1 aliphatic rings. The molecule has 1 fully saturated rings. The number of carbonyl (C=O) groups is 2. The third-order valence-corrected chi connectivity index (χ3v) is 5.02. The highest BCUT2D eigenvalue weighted by Crippen LogP contribution is 2.18. The normalized spacial score (nSPS) is 14.6. The number of nitrogens with one attached hydrogen (secondary N) is 2. The van der Waals surface area contributed by atoms with Crippen LogP contribution in [0.3, 0.4) is 0 Å². The first kappa shape index (κ1) is 17.4. The number of rotatable bonds is 7. The third-order valence-electron chi connectivity index (χ3n) is 3.34. The van der Waals surface area contributed by atoms with Crippen LogP contribution in [0.5, 0.6) is 0 Å². The van der Waals surface area contributed by atoms with E-state index in [1.807, 2.05) is 0 Å². The molecule has 126 valence electrons. The van der Waals surface area contributed by atoms with Gasteiger partial charge in [0.15, 0.2) is 0 Å². The van der Waals surface area contributed by atoms with Crippen molar-refractivity contribution in [1.82, 2.24) is 15.1 Å². The maximum atomic E-state index is 12.1. The van der Waals surface area contributed by atoms with E-state index in [0.29, 0.717) is 4.47 Å². The Balaban J connectivity index is 2.03. The van der Waals surface area contributed by atoms with Crippen LogP contribution < -0.4 is 10.6 Å². The third kappa shape index (κ3) is 4.50. The minimum absolute atomic E-state index is 0.0723. The molecular weight excluding hydrogens is 322 g/mol. The minimum atomic E-state index is -3.83. The van der Waals surface area contributed by atoms with Gasteiger partial charge in [-0.25, -0.2) is 8.42 Å². The van der Waals surface area contributed by atoms with Crippen molar-refractivity contribution in [1.29, 1.82) is 0 Å². The van der Waals surface area contributed by atoms with Crippen LogP contribution in [-0.2, 0) is 19.7 Å². The summed E-state index contributed by atoms with van der Waals surface area (Å²) in [5.74, 6) is -0.781. The van der Waals surface area contributed by atoms with Crippen molar-refractivity contribution in [2.75, 3.05) is 20.7 Å². The second-order valence-corrected chi connectivity index (χ2v) is 7.09. The molecular formula is C14H19N3O5S. The number of sulfonamides is 1. The molecule has 0 radical (unpaired) electrons. The van der Waals surface area contributed by atoms with Gasteiger partial charge in [-0.1, -0.05) is 10.5 Å². The lowest BCUT2D eigenvalue weighted by Crippen LogP contribution is -2.37. The lowest BCUT2D eigenvalue weighted by Gasteiger charge is -2.14. The van der Waals surface area contributed by atoms with Crippen LogP contribution in [0.15, 0.2) is 29.2 Å². The van der Waals surface area contributed by atoms with Gasteiger partial charge < -0.3 is 10.6 Å². The Labute approximate surface area is 134 Å². The van der Waals surface area contributed by atoms with Crippen LogP contribution in [0.2, 0.25) is 0 Å². The van der Waals surface area contributed by atoms with Gasteiger partial charge in [0.2, 0.25) is 5.91 Å². The topological polar surface area (TPSA) is 105 Å². The number of hydrogen-bond acceptors (Lipinski definition) is 5. The van der Waals surface area contributed by atoms with Gasteiger partial charge >= 0.3 is 0 Å². The fourth-order valence-electron chi connectivity index (χ4n) is 1.81. The highest BCUT2D eigenvalue weighted by molar-refractivity contribution is 7.89. The molecule has 23 heavy (non-hydrogen) atoms. The predicted octanol–water partition coefficient (Wildman–Crippen LogP) is -0.123. The first-order valence-electron chi connectivity index (χ1n) is 7.05. The molecule has 0 aromatic heterocycles. The smallest absolute Gasteiger partial charge is 0.264 e. The number of carbonyl (C=O) groups excluding carboxylic acids is 2. The van der Waals surface area contributed by atoms with Gasteiger partial charge in [-0.05, 0) is 31.0 Å². The number of amides is 2. The number of hydroxylamine groups is 1. The number of nitrogens with zero attached hydrogens (tertiary/aromatic N) is 1. The van der Waals surface area contributed by atoms with Crippen molar-refractivity contribution in [3.63, 3.8) is 0 Å². The molecule has 0 unspecified atom stereocenters. The summed E-state index contributed by atoms with van der Waals surface area (Å²) in [6.07, 6.45) is 1.93. The zero-order valence-electron chi connectivity index (χ0n) is 12.9. The summed E-state index contributed by atoms with van der Waals surface area (Å²) in [7, 11) is -1.35. The van der Waals surface area contributed by atoms with E-state index in [4.69, 9.17) is 0 Å². The van der Waals surface area contributed by atoms with Gasteiger partial charge in [-0.3, -0.25) is 14.4 Å². The first-order valence-corrected chi connectivity index (χ1v) is 8.49. The molecule has 1 aromatic carbocycles. The fraction of sp³-hybridized carbons (Fsp3) is 0.429. The molecule has 0 bridgehead atoms. The summed E-state index contributed by atoms with van der Waals surface area (Å²) in [6, 6.07) is 5.74. The maximum absolute atomic E-state index is 12.1. The number of benzene rings is 1. The SMILES string of the molecule is CON(C)S(=O)(=O)c1cccc(C(=O)NCC(=O)NC2CC2)c1. The highest BCUT2D eigenvalue weighted by atomic mass is 32.2. The van der Waals surface area contributed by atoms with E-state index in [9.17, 15) is 18.0 Å². The molecule has 0 atom stereocenters. The van der Waals surface area contributed by atoms with Crippen molar-refractivity contribution >= 4 is 21.8 Å². The molecule has 0 saturated heterocycles. The Kier molecular flexibility index (Phi) is 5.34. The average molecular weight is 341 g/mol. The van der Waals surface area contributed by atoms with Crippen molar-refractivity contribution in [2.45, 2.75) is 23.8 Å². The van der Waals surface area contributed by atoms with Crippen molar-refractivity contribution in [2.24, 2.45) is 0 Å². The largest absolute Gasteiger partial charge is 0.352 e. The van der Waals surface area contributed by atoms with Gasteiger partial charge in [0.05, 0.1) is 18.6 Å². The monoisotopic (exact) mass is 341 g/mol. The molecule has 0 aliphatic heterocycles. The van der Waals surface area contributed by atoms with Crippen LogP contribution in [0.1, 0.15) is 23.2 Å². The van der Waals surface area contributed by atoms with Gasteiger partial charge in [0.25, 0.3) is 15.9 Å². The Bertz CT molecular complexity index is 700. The van der Waals surface area contributed by atoms with Crippen molar-refractivity contribution in [3.8, 4) is 0 Å². The van der Waals surface area contributed by atoms with E-state index in [2.05, 4.69) is 15.5 Å². The second-order valence-electron chi connectivity index (χ2n) is 5.15. The quantitative estimate of drug-likeness (QED) is 0.673. The highest BCUT2D eigenvalue weighted by Gasteiger charge is 2.24. The minimum Gasteiger partial charge on any atom is -0.352 e. The average Bonchev–Trinajstić information content (AvgIpc) is 3.35. The molecule has 8 nitrogen and oxygen atoms in total. The summed E-state index contributed by atoms with van der Waals surface area (Å²) < 4.78 is 25.0. The molecule has 2 rings (SSSR count). The molecule has 0 spiro atoms. The summed E-state index contributed by atoms with van der Waals surface area (Å²) in [6.45, 7) is -0.149. The van der Waals surface area contributed by atoms with Crippen LogP contribution in [0.4, 0.5) is 0 Å². The van der Waals surface area contributed by atoms with E-state index in [-0.39, 0.29) is 29.0 Å². The Morgan fingerprint density at radius 3 is 2.65 bits per heavy atom. The predicted molar refractivity (Wildman–Crippen MR) is 81.9 cm³/mol. The summed E-state index contributed by atoms with van der Waals surface area (Å²) in [5.41, 5.74) is 0.148. The van der Waals surface area contributed by atoms with E-state index in [1.165, 1.54) is 38.4 Å². The first-order chi connectivity index (χ1) is 10.8. The fourth-order valence-corrected chi connectivity index (χ4v) is 2.83. The van der Waals surface area contributed by atoms with Crippen molar-refractivity contribution in [3.05, 3.63) is 29.8 Å². The lowest BCUT2D eigenvalue weighted by molar-refractivity contribution is -0.120. The molecule has 2 N–H and O–H groups in total. The zero-order valence-corrected chi connectivity index (χ0v) is 13.7. The molecule has 1 aliphatic carbocycles. The molecule has 0 heterocycles.